The molecule has 27 heavy (non-hydrogen) atoms. The van der Waals surface area contributed by atoms with Gasteiger partial charge in [-0.1, -0.05) is 18.2 Å². The maximum atomic E-state index is 12.4. The lowest BCUT2D eigenvalue weighted by Gasteiger charge is -2.36. The molecule has 3 rings (SSSR count). The third kappa shape index (κ3) is 5.21. The Hall–Kier alpha value is -2.57. The van der Waals surface area contributed by atoms with E-state index in [1.807, 2.05) is 30.3 Å². The first kappa shape index (κ1) is 19.2. The summed E-state index contributed by atoms with van der Waals surface area (Å²) in [6, 6.07) is 9.31. The molecule has 0 bridgehead atoms. The van der Waals surface area contributed by atoms with E-state index in [0.717, 1.165) is 18.6 Å². The number of para-hydroxylation sites is 1. The number of carbonyl (C=O) groups excluding carboxylic acids is 2. The zero-order valence-corrected chi connectivity index (χ0v) is 15.3. The molecule has 1 aromatic rings. The number of aliphatic carboxylic acids is 1. The Balaban J connectivity index is 1.39. The Morgan fingerprint density at radius 2 is 1.89 bits per heavy atom. The molecule has 1 atom stereocenters. The van der Waals surface area contributed by atoms with E-state index in [4.69, 9.17) is 9.84 Å². The lowest BCUT2D eigenvalue weighted by molar-refractivity contribution is -0.147. The van der Waals surface area contributed by atoms with Crippen molar-refractivity contribution >= 4 is 17.8 Å². The van der Waals surface area contributed by atoms with Crippen molar-refractivity contribution in [3.63, 3.8) is 0 Å². The Bertz CT molecular complexity index is 672. The van der Waals surface area contributed by atoms with Crippen molar-refractivity contribution < 1.29 is 24.2 Å². The third-order valence-electron chi connectivity index (χ3n) is 5.31. The van der Waals surface area contributed by atoms with Gasteiger partial charge < -0.3 is 20.1 Å². The summed E-state index contributed by atoms with van der Waals surface area (Å²) in [5, 5.41) is 11.8. The third-order valence-corrected chi connectivity index (χ3v) is 5.31. The van der Waals surface area contributed by atoms with E-state index in [9.17, 15) is 14.4 Å². The quantitative estimate of drug-likeness (QED) is 0.757. The zero-order valence-electron chi connectivity index (χ0n) is 15.3. The zero-order chi connectivity index (χ0) is 19.2. The van der Waals surface area contributed by atoms with Crippen LogP contribution < -0.4 is 10.1 Å². The van der Waals surface area contributed by atoms with E-state index in [0.29, 0.717) is 32.5 Å². The van der Waals surface area contributed by atoms with Crippen molar-refractivity contribution in [1.82, 2.24) is 10.2 Å². The van der Waals surface area contributed by atoms with E-state index in [-0.39, 0.29) is 36.1 Å². The molecule has 7 heteroatoms. The van der Waals surface area contributed by atoms with E-state index in [1.54, 1.807) is 4.90 Å². The highest BCUT2D eigenvalue weighted by atomic mass is 16.5. The molecule has 1 aromatic carbocycles. The van der Waals surface area contributed by atoms with Gasteiger partial charge in [0.15, 0.2) is 0 Å². The molecule has 7 nitrogen and oxygen atoms in total. The van der Waals surface area contributed by atoms with Crippen LogP contribution in [0.2, 0.25) is 0 Å². The molecule has 1 aliphatic carbocycles. The SMILES string of the molecule is O=C(O)C1CC(NC(=O)C2CCCN(C(=O)CCOc3ccccc3)C2)C1. The number of benzene rings is 1. The highest BCUT2D eigenvalue weighted by Crippen LogP contribution is 2.28. The van der Waals surface area contributed by atoms with Gasteiger partial charge in [0.25, 0.3) is 0 Å². The van der Waals surface area contributed by atoms with Crippen LogP contribution in [0.15, 0.2) is 30.3 Å². The number of rotatable bonds is 7. The molecule has 0 radical (unpaired) electrons. The maximum Gasteiger partial charge on any atom is 0.306 e. The van der Waals surface area contributed by atoms with Gasteiger partial charge in [-0.05, 0) is 37.8 Å². The smallest absolute Gasteiger partial charge is 0.306 e. The van der Waals surface area contributed by atoms with Gasteiger partial charge in [0, 0.05) is 19.1 Å². The van der Waals surface area contributed by atoms with Crippen LogP contribution in [-0.2, 0) is 14.4 Å². The van der Waals surface area contributed by atoms with Crippen molar-refractivity contribution in [2.45, 2.75) is 38.1 Å². The van der Waals surface area contributed by atoms with E-state index in [1.165, 1.54) is 0 Å². The van der Waals surface area contributed by atoms with Gasteiger partial charge >= 0.3 is 5.97 Å². The standard InChI is InChI=1S/C20H26N2O5/c23-18(8-10-27-17-6-2-1-3-7-17)22-9-4-5-14(13-22)19(24)21-16-11-15(12-16)20(25)26/h1-3,6-7,14-16H,4-5,8-13H2,(H,21,24)(H,25,26). The van der Waals surface area contributed by atoms with Crippen LogP contribution in [-0.4, -0.2) is 53.5 Å². The fourth-order valence-electron chi connectivity index (χ4n) is 3.61. The summed E-state index contributed by atoms with van der Waals surface area (Å²) < 4.78 is 5.57. The Morgan fingerprint density at radius 3 is 2.59 bits per heavy atom. The normalized spacial score (nSPS) is 24.6. The molecule has 2 aliphatic rings. The van der Waals surface area contributed by atoms with Crippen LogP contribution >= 0.6 is 0 Å². The molecule has 1 heterocycles. The Labute approximate surface area is 158 Å². The van der Waals surface area contributed by atoms with E-state index >= 15 is 0 Å². The number of carbonyl (C=O) groups is 3. The average Bonchev–Trinajstić information content (AvgIpc) is 2.64. The van der Waals surface area contributed by atoms with Gasteiger partial charge in [0.1, 0.15) is 5.75 Å². The van der Waals surface area contributed by atoms with Crippen LogP contribution in [0.1, 0.15) is 32.1 Å². The Morgan fingerprint density at radius 1 is 1.15 bits per heavy atom. The molecule has 2 amide bonds. The molecule has 1 saturated carbocycles. The van der Waals surface area contributed by atoms with Crippen LogP contribution in [0.3, 0.4) is 0 Å². The van der Waals surface area contributed by atoms with E-state index < -0.39 is 5.97 Å². The molecule has 2 N–H and O–H groups in total. The first-order chi connectivity index (χ1) is 13.0. The van der Waals surface area contributed by atoms with Gasteiger partial charge in [0.2, 0.25) is 11.8 Å². The molecule has 0 aromatic heterocycles. The number of likely N-dealkylation sites (tertiary alicyclic amines) is 1. The van der Waals surface area contributed by atoms with Crippen molar-refractivity contribution in [3.05, 3.63) is 30.3 Å². The lowest BCUT2D eigenvalue weighted by atomic mass is 9.80. The maximum absolute atomic E-state index is 12.4. The van der Waals surface area contributed by atoms with Crippen LogP contribution in [0.5, 0.6) is 5.75 Å². The summed E-state index contributed by atoms with van der Waals surface area (Å²) in [7, 11) is 0. The summed E-state index contributed by atoms with van der Waals surface area (Å²) in [6.07, 6.45) is 2.82. The lowest BCUT2D eigenvalue weighted by Crippen LogP contribution is -2.51. The monoisotopic (exact) mass is 374 g/mol. The number of carboxylic acids is 1. The van der Waals surface area contributed by atoms with Gasteiger partial charge in [0.05, 0.1) is 24.9 Å². The van der Waals surface area contributed by atoms with Crippen molar-refractivity contribution in [1.29, 1.82) is 0 Å². The second kappa shape index (κ2) is 8.88. The van der Waals surface area contributed by atoms with Gasteiger partial charge in [-0.3, -0.25) is 14.4 Å². The number of hydrogen-bond acceptors (Lipinski definition) is 4. The number of nitrogens with one attached hydrogen (secondary N) is 1. The highest BCUT2D eigenvalue weighted by Gasteiger charge is 2.37. The molecule has 0 spiro atoms. The first-order valence-corrected chi connectivity index (χ1v) is 9.51. The fourth-order valence-corrected chi connectivity index (χ4v) is 3.61. The number of hydrogen-bond donors (Lipinski definition) is 2. The number of carboxylic acid groups (broad SMARTS) is 1. The molecular weight excluding hydrogens is 348 g/mol. The molecule has 1 aliphatic heterocycles. The second-order valence-electron chi connectivity index (χ2n) is 7.30. The van der Waals surface area contributed by atoms with Gasteiger partial charge in [-0.15, -0.1) is 0 Å². The van der Waals surface area contributed by atoms with Gasteiger partial charge in [-0.2, -0.15) is 0 Å². The van der Waals surface area contributed by atoms with E-state index in [2.05, 4.69) is 5.32 Å². The summed E-state index contributed by atoms with van der Waals surface area (Å²) in [4.78, 5) is 37.4. The van der Waals surface area contributed by atoms with Gasteiger partial charge in [-0.25, -0.2) is 0 Å². The molecule has 146 valence electrons. The van der Waals surface area contributed by atoms with Crippen molar-refractivity contribution in [3.8, 4) is 5.75 Å². The molecule has 1 unspecified atom stereocenters. The molecular formula is C20H26N2O5. The minimum atomic E-state index is -0.798. The average molecular weight is 374 g/mol. The minimum absolute atomic E-state index is 0.00184. The van der Waals surface area contributed by atoms with Crippen LogP contribution in [0.4, 0.5) is 0 Å². The van der Waals surface area contributed by atoms with Crippen LogP contribution in [0, 0.1) is 11.8 Å². The predicted octanol–water partition coefficient (Wildman–Crippen LogP) is 1.67. The summed E-state index contributed by atoms with van der Waals surface area (Å²) in [5.74, 6) is -0.695. The number of amides is 2. The first-order valence-electron chi connectivity index (χ1n) is 9.51. The molecule has 2 fully saturated rings. The summed E-state index contributed by atoms with van der Waals surface area (Å²) in [6.45, 7) is 1.40. The second-order valence-corrected chi connectivity index (χ2v) is 7.30. The molecule has 1 saturated heterocycles. The fraction of sp³-hybridized carbons (Fsp3) is 0.550. The number of nitrogens with zero attached hydrogens (tertiary/aromatic N) is 1. The number of piperidine rings is 1. The minimum Gasteiger partial charge on any atom is -0.493 e. The summed E-state index contributed by atoms with van der Waals surface area (Å²) in [5.41, 5.74) is 0. The number of ether oxygens (including phenoxy) is 1. The largest absolute Gasteiger partial charge is 0.493 e. The van der Waals surface area contributed by atoms with Crippen molar-refractivity contribution in [2.24, 2.45) is 11.8 Å². The van der Waals surface area contributed by atoms with Crippen molar-refractivity contribution in [2.75, 3.05) is 19.7 Å². The summed E-state index contributed by atoms with van der Waals surface area (Å²) >= 11 is 0. The predicted molar refractivity (Wildman–Crippen MR) is 98.1 cm³/mol. The Kier molecular flexibility index (Phi) is 6.32. The van der Waals surface area contributed by atoms with Crippen LogP contribution in [0.25, 0.3) is 0 Å². The highest BCUT2D eigenvalue weighted by molar-refractivity contribution is 5.82. The topological polar surface area (TPSA) is 95.9 Å².